The molecule has 1 rings (SSSR count). The minimum absolute atomic E-state index is 1.14. The average molecular weight is 90.1 g/mol. The van der Waals surface area contributed by atoms with E-state index in [9.17, 15) is 0 Å². The Morgan fingerprint density at radius 3 is 1.17 bits per heavy atom. The molecule has 1 heterocycles. The summed E-state index contributed by atoms with van der Waals surface area (Å²) < 4.78 is 0. The average Bonchev–Trinajstić information content (AvgIpc) is 1.72. The highest BCUT2D eigenvalue weighted by atomic mass is 15.4. The lowest BCUT2D eigenvalue weighted by molar-refractivity contribution is 0.534. The molecule has 0 saturated carbocycles. The number of hydrogen-bond donors (Lipinski definition) is 2. The molecule has 0 aromatic heterocycles. The lowest BCUT2D eigenvalue weighted by Gasteiger charge is -2.11. The predicted octanol–water partition coefficient (Wildman–Crippen LogP) is -0.821. The lowest BCUT2D eigenvalue weighted by atomic mass is 11.3. The molecule has 0 unspecified atom stereocenters. The van der Waals surface area contributed by atoms with Gasteiger partial charge in [-0.3, -0.25) is 0 Å². The molecule has 0 spiro atoms. The Morgan fingerprint density at radius 1 is 0.667 bits per heavy atom. The van der Waals surface area contributed by atoms with E-state index in [4.69, 9.17) is 0 Å². The molecule has 0 atom stereocenters. The maximum Gasteiger partial charge on any atom is 0.00772 e. The van der Waals surface area contributed by atoms with Gasteiger partial charge in [0.15, 0.2) is 0 Å². The zero-order valence-corrected chi connectivity index (χ0v) is 3.83. The van der Waals surface area contributed by atoms with Gasteiger partial charge in [0.25, 0.3) is 0 Å². The van der Waals surface area contributed by atoms with Gasteiger partial charge in [0.1, 0.15) is 0 Å². The van der Waals surface area contributed by atoms with Gasteiger partial charge in [-0.15, -0.1) is 0 Å². The molecular weight excluding hydrogens is 80.0 g/mol. The summed E-state index contributed by atoms with van der Waals surface area (Å²) in [6.45, 7) is 4.56. The van der Waals surface area contributed by atoms with Gasteiger partial charge in [-0.05, 0) is 0 Å². The molecule has 2 nitrogen and oxygen atoms in total. The quantitative estimate of drug-likeness (QED) is 0.380. The normalized spacial score (nSPS) is 24.0. The Morgan fingerprint density at radius 2 is 1.00 bits per heavy atom. The van der Waals surface area contributed by atoms with Crippen LogP contribution in [0.15, 0.2) is 0 Å². The summed E-state index contributed by atoms with van der Waals surface area (Å²) in [5.41, 5.74) is 0. The summed E-state index contributed by atoms with van der Waals surface area (Å²) in [6.07, 6.45) is 0. The van der Waals surface area contributed by atoms with Crippen molar-refractivity contribution in [3.8, 4) is 0 Å². The van der Waals surface area contributed by atoms with Crippen molar-refractivity contribution in [2.24, 2.45) is 0 Å². The summed E-state index contributed by atoms with van der Waals surface area (Å²) in [7, 11) is 0. The van der Waals surface area contributed by atoms with Crippen molar-refractivity contribution in [3.05, 3.63) is 0 Å². The van der Waals surface area contributed by atoms with Crippen LogP contribution in [-0.4, -0.2) is 26.2 Å². The molecule has 1 saturated heterocycles. The van der Waals surface area contributed by atoms with Gasteiger partial charge in [0, 0.05) is 26.2 Å². The molecule has 2 heteroatoms. The van der Waals surface area contributed by atoms with Gasteiger partial charge in [-0.2, -0.15) is 0 Å². The van der Waals surface area contributed by atoms with Crippen LogP contribution in [-0.2, 0) is 0 Å². The SMILES string of the molecule is [13CH2]1[13CH2]N[13CH2][13CH2]N1. The molecule has 0 radical (unpaired) electrons. The number of rotatable bonds is 0. The first kappa shape index (κ1) is 4.09. The molecule has 1 fully saturated rings. The van der Waals surface area contributed by atoms with E-state index in [2.05, 4.69) is 10.6 Å². The van der Waals surface area contributed by atoms with Crippen LogP contribution in [0, 0.1) is 0 Å². The first-order valence-corrected chi connectivity index (χ1v) is 2.41. The summed E-state index contributed by atoms with van der Waals surface area (Å²) >= 11 is 0. The van der Waals surface area contributed by atoms with Crippen LogP contribution in [0.4, 0.5) is 0 Å². The molecule has 0 amide bonds. The minimum Gasteiger partial charge on any atom is -0.314 e. The molecule has 0 aromatic rings. The number of piperazine rings is 1. The van der Waals surface area contributed by atoms with Crippen LogP contribution in [0.5, 0.6) is 0 Å². The van der Waals surface area contributed by atoms with E-state index in [0.717, 1.165) is 26.2 Å². The van der Waals surface area contributed by atoms with Gasteiger partial charge >= 0.3 is 0 Å². The van der Waals surface area contributed by atoms with Crippen molar-refractivity contribution < 1.29 is 0 Å². The molecule has 6 heavy (non-hydrogen) atoms. The maximum absolute atomic E-state index is 3.22. The zero-order valence-electron chi connectivity index (χ0n) is 3.83. The summed E-state index contributed by atoms with van der Waals surface area (Å²) in [5.74, 6) is 0. The van der Waals surface area contributed by atoms with E-state index in [-0.39, 0.29) is 0 Å². The van der Waals surface area contributed by atoms with E-state index in [1.54, 1.807) is 0 Å². The second-order valence-electron chi connectivity index (χ2n) is 1.50. The van der Waals surface area contributed by atoms with Crippen LogP contribution in [0.2, 0.25) is 0 Å². The van der Waals surface area contributed by atoms with Crippen LogP contribution < -0.4 is 10.6 Å². The van der Waals surface area contributed by atoms with E-state index in [1.807, 2.05) is 0 Å². The predicted molar refractivity (Wildman–Crippen MR) is 25.7 cm³/mol. The van der Waals surface area contributed by atoms with Crippen LogP contribution in [0.3, 0.4) is 0 Å². The standard InChI is InChI=1S/C4H10N2/c1-2-6-4-3-5-1/h5-6H,1-4H2/i1+1,2+1,3+1,4+1. The van der Waals surface area contributed by atoms with Crippen LogP contribution >= 0.6 is 0 Å². The number of hydrogen-bond acceptors (Lipinski definition) is 2. The Hall–Kier alpha value is -0.0800. The highest BCUT2D eigenvalue weighted by Crippen LogP contribution is 1.65. The lowest BCUT2D eigenvalue weighted by Crippen LogP contribution is -2.39. The third-order valence-electron chi connectivity index (χ3n) is 0.957. The first-order valence-electron chi connectivity index (χ1n) is 2.41. The van der Waals surface area contributed by atoms with Crippen LogP contribution in [0.25, 0.3) is 0 Å². The molecule has 2 N–H and O–H groups in total. The van der Waals surface area contributed by atoms with E-state index < -0.39 is 0 Å². The highest BCUT2D eigenvalue weighted by molar-refractivity contribution is 4.59. The Kier molecular flexibility index (Phi) is 1.47. The summed E-state index contributed by atoms with van der Waals surface area (Å²) in [5, 5.41) is 6.44. The molecule has 1 aliphatic heterocycles. The van der Waals surface area contributed by atoms with Crippen molar-refractivity contribution in [1.29, 1.82) is 0 Å². The fourth-order valence-corrected chi connectivity index (χ4v) is 0.604. The third-order valence-corrected chi connectivity index (χ3v) is 0.957. The largest absolute Gasteiger partial charge is 0.314 e. The first-order chi connectivity index (χ1) is 3.00. The fourth-order valence-electron chi connectivity index (χ4n) is 0.604. The zero-order chi connectivity index (χ0) is 4.24. The molecular formula is C4H10N2. The smallest absolute Gasteiger partial charge is 0.00772 e. The molecule has 1 aliphatic rings. The third kappa shape index (κ3) is 0.954. The molecule has 0 bridgehead atoms. The van der Waals surface area contributed by atoms with Gasteiger partial charge in [0.2, 0.25) is 0 Å². The van der Waals surface area contributed by atoms with Crippen molar-refractivity contribution in [1.82, 2.24) is 10.6 Å². The molecule has 0 aromatic carbocycles. The summed E-state index contributed by atoms with van der Waals surface area (Å²) in [4.78, 5) is 0. The highest BCUT2D eigenvalue weighted by Gasteiger charge is 1.91. The fraction of sp³-hybridized carbons (Fsp3) is 1.00. The Balaban J connectivity index is 2.00. The second-order valence-corrected chi connectivity index (χ2v) is 1.50. The van der Waals surface area contributed by atoms with Crippen molar-refractivity contribution in [3.63, 3.8) is 0 Å². The Bertz CT molecular complexity index is 21.0. The van der Waals surface area contributed by atoms with Gasteiger partial charge in [-0.25, -0.2) is 0 Å². The maximum atomic E-state index is 3.22. The van der Waals surface area contributed by atoms with Crippen LogP contribution in [0.1, 0.15) is 0 Å². The van der Waals surface area contributed by atoms with Crippen molar-refractivity contribution in [2.45, 2.75) is 0 Å². The monoisotopic (exact) mass is 90.1 g/mol. The van der Waals surface area contributed by atoms with Gasteiger partial charge in [0.05, 0.1) is 0 Å². The molecule has 0 aliphatic carbocycles. The second kappa shape index (κ2) is 2.16. The number of nitrogens with one attached hydrogen (secondary N) is 2. The topological polar surface area (TPSA) is 24.1 Å². The summed E-state index contributed by atoms with van der Waals surface area (Å²) in [6, 6.07) is 0. The molecule has 36 valence electrons. The van der Waals surface area contributed by atoms with Crippen molar-refractivity contribution in [2.75, 3.05) is 26.2 Å². The van der Waals surface area contributed by atoms with E-state index in [1.165, 1.54) is 0 Å². The van der Waals surface area contributed by atoms with E-state index in [0.29, 0.717) is 0 Å². The van der Waals surface area contributed by atoms with E-state index >= 15 is 0 Å². The Labute approximate surface area is 37.9 Å². The van der Waals surface area contributed by atoms with Gasteiger partial charge in [-0.1, -0.05) is 0 Å². The minimum atomic E-state index is 1.14. The van der Waals surface area contributed by atoms with Crippen molar-refractivity contribution >= 4 is 0 Å². The van der Waals surface area contributed by atoms with Gasteiger partial charge < -0.3 is 10.6 Å².